The van der Waals surface area contributed by atoms with Gasteiger partial charge in [-0.3, -0.25) is 4.79 Å². The molecule has 6 nitrogen and oxygen atoms in total. The van der Waals surface area contributed by atoms with Gasteiger partial charge in [0.2, 0.25) is 10.0 Å². The highest BCUT2D eigenvalue weighted by Gasteiger charge is 2.16. The molecular formula is C16H13Cl2N3O3S. The van der Waals surface area contributed by atoms with E-state index in [4.69, 9.17) is 28.3 Å². The molecule has 3 N–H and O–H groups in total. The second kappa shape index (κ2) is 6.34. The topological polar surface area (TPSA) is 94.2 Å². The average Bonchev–Trinajstić information content (AvgIpc) is 2.85. The Morgan fingerprint density at radius 1 is 1.12 bits per heavy atom. The number of hydrogen-bond acceptors (Lipinski definition) is 3. The first kappa shape index (κ1) is 17.8. The van der Waals surface area contributed by atoms with Gasteiger partial charge in [0.1, 0.15) is 5.69 Å². The van der Waals surface area contributed by atoms with E-state index in [0.29, 0.717) is 26.8 Å². The molecule has 0 aliphatic heterocycles. The first-order valence-corrected chi connectivity index (χ1v) is 9.36. The SMILES string of the molecule is Cn1c(C(=O)Nc2ccc(S(N)(=O)=O)cc2)cc2c(Cl)cc(Cl)cc21. The van der Waals surface area contributed by atoms with Crippen LogP contribution in [0.2, 0.25) is 10.0 Å². The van der Waals surface area contributed by atoms with Crippen molar-refractivity contribution in [1.82, 2.24) is 4.57 Å². The number of anilines is 1. The van der Waals surface area contributed by atoms with Crippen molar-refractivity contribution >= 4 is 55.7 Å². The fourth-order valence-electron chi connectivity index (χ4n) is 2.50. The Kier molecular flexibility index (Phi) is 4.51. The maximum Gasteiger partial charge on any atom is 0.272 e. The molecule has 0 fully saturated rings. The number of aryl methyl sites for hydroxylation is 1. The van der Waals surface area contributed by atoms with Gasteiger partial charge in [0.25, 0.3) is 5.91 Å². The van der Waals surface area contributed by atoms with Crippen LogP contribution in [-0.2, 0) is 17.1 Å². The predicted octanol–water partition coefficient (Wildman–Crippen LogP) is 3.38. The quantitative estimate of drug-likeness (QED) is 0.708. The maximum absolute atomic E-state index is 12.5. The van der Waals surface area contributed by atoms with E-state index < -0.39 is 10.0 Å². The van der Waals surface area contributed by atoms with Gasteiger partial charge in [0.05, 0.1) is 15.4 Å². The highest BCUT2D eigenvalue weighted by atomic mass is 35.5. The van der Waals surface area contributed by atoms with E-state index in [9.17, 15) is 13.2 Å². The van der Waals surface area contributed by atoms with Crippen LogP contribution in [-0.4, -0.2) is 18.9 Å². The Hall–Kier alpha value is -2.06. The summed E-state index contributed by atoms with van der Waals surface area (Å²) in [5, 5.41) is 9.39. The van der Waals surface area contributed by atoms with Crippen LogP contribution < -0.4 is 10.5 Å². The van der Waals surface area contributed by atoms with E-state index in [0.717, 1.165) is 5.52 Å². The Morgan fingerprint density at radius 2 is 1.76 bits per heavy atom. The fourth-order valence-corrected chi connectivity index (χ4v) is 3.55. The van der Waals surface area contributed by atoms with Crippen LogP contribution in [0.25, 0.3) is 10.9 Å². The fraction of sp³-hybridized carbons (Fsp3) is 0.0625. The standard InChI is InChI=1S/C16H13Cl2N3O3S/c1-21-14-7-9(17)6-13(18)12(14)8-15(21)16(22)20-10-2-4-11(5-3-10)25(19,23)24/h2-8H,1H3,(H,20,22)(H2,19,23,24). The molecule has 0 saturated heterocycles. The summed E-state index contributed by atoms with van der Waals surface area (Å²) in [5.74, 6) is -0.366. The lowest BCUT2D eigenvalue weighted by atomic mass is 10.2. The molecule has 1 aromatic heterocycles. The number of rotatable bonds is 3. The number of sulfonamides is 1. The van der Waals surface area contributed by atoms with Gasteiger partial charge in [-0.1, -0.05) is 23.2 Å². The molecule has 9 heteroatoms. The van der Waals surface area contributed by atoms with Crippen molar-refractivity contribution in [1.29, 1.82) is 0 Å². The molecule has 130 valence electrons. The number of carbonyl (C=O) groups excluding carboxylic acids is 1. The van der Waals surface area contributed by atoms with Crippen molar-refractivity contribution in [3.63, 3.8) is 0 Å². The number of benzene rings is 2. The average molecular weight is 398 g/mol. The summed E-state index contributed by atoms with van der Waals surface area (Å²) in [6, 6.07) is 10.6. The van der Waals surface area contributed by atoms with Crippen LogP contribution in [0.4, 0.5) is 5.69 Å². The minimum Gasteiger partial charge on any atom is -0.340 e. The summed E-state index contributed by atoms with van der Waals surface area (Å²) < 4.78 is 24.2. The van der Waals surface area contributed by atoms with Crippen LogP contribution in [0.1, 0.15) is 10.5 Å². The number of carbonyl (C=O) groups is 1. The van der Waals surface area contributed by atoms with Gasteiger partial charge in [0.15, 0.2) is 0 Å². The molecule has 1 amide bonds. The molecule has 0 atom stereocenters. The van der Waals surface area contributed by atoms with Crippen molar-refractivity contribution in [2.45, 2.75) is 4.90 Å². The lowest BCUT2D eigenvalue weighted by Gasteiger charge is -2.07. The number of aromatic nitrogens is 1. The summed E-state index contributed by atoms with van der Waals surface area (Å²) in [4.78, 5) is 12.5. The van der Waals surface area contributed by atoms with E-state index in [2.05, 4.69) is 5.32 Å². The van der Waals surface area contributed by atoms with Crippen LogP contribution in [0.15, 0.2) is 47.4 Å². The van der Waals surface area contributed by atoms with Gasteiger partial charge in [-0.15, -0.1) is 0 Å². The highest BCUT2D eigenvalue weighted by Crippen LogP contribution is 2.30. The number of fused-ring (bicyclic) bond motifs is 1. The van der Waals surface area contributed by atoms with Gasteiger partial charge in [0, 0.05) is 23.1 Å². The number of halogens is 2. The van der Waals surface area contributed by atoms with Crippen molar-refractivity contribution < 1.29 is 13.2 Å². The Labute approximate surface area is 154 Å². The second-order valence-corrected chi connectivity index (χ2v) is 7.84. The largest absolute Gasteiger partial charge is 0.340 e. The smallest absolute Gasteiger partial charge is 0.272 e. The summed E-state index contributed by atoms with van der Waals surface area (Å²) in [6.07, 6.45) is 0. The van der Waals surface area contributed by atoms with E-state index in [-0.39, 0.29) is 10.8 Å². The minimum atomic E-state index is -3.78. The third-order valence-corrected chi connectivity index (χ3v) is 5.21. The zero-order chi connectivity index (χ0) is 18.4. The Morgan fingerprint density at radius 3 is 2.36 bits per heavy atom. The first-order valence-electron chi connectivity index (χ1n) is 7.05. The van der Waals surface area contributed by atoms with Crippen molar-refractivity contribution in [2.24, 2.45) is 12.2 Å². The molecule has 0 saturated carbocycles. The van der Waals surface area contributed by atoms with Crippen molar-refractivity contribution in [3.8, 4) is 0 Å². The summed E-state index contributed by atoms with van der Waals surface area (Å²) >= 11 is 12.2. The van der Waals surface area contributed by atoms with Gasteiger partial charge >= 0.3 is 0 Å². The summed E-state index contributed by atoms with van der Waals surface area (Å²) in [6.45, 7) is 0. The number of nitrogens with two attached hydrogens (primary N) is 1. The third kappa shape index (κ3) is 3.50. The molecule has 0 aliphatic rings. The molecule has 0 radical (unpaired) electrons. The molecule has 2 aromatic carbocycles. The third-order valence-electron chi connectivity index (χ3n) is 3.75. The van der Waals surface area contributed by atoms with Crippen LogP contribution in [0.5, 0.6) is 0 Å². The zero-order valence-electron chi connectivity index (χ0n) is 13.0. The summed E-state index contributed by atoms with van der Waals surface area (Å²) in [7, 11) is -2.05. The van der Waals surface area contributed by atoms with Crippen molar-refractivity contribution in [3.05, 3.63) is 58.2 Å². The number of primary sulfonamides is 1. The zero-order valence-corrected chi connectivity index (χ0v) is 15.3. The number of nitrogens with one attached hydrogen (secondary N) is 1. The first-order chi connectivity index (χ1) is 11.7. The number of nitrogens with zero attached hydrogens (tertiary/aromatic N) is 1. The van der Waals surface area contributed by atoms with Gasteiger partial charge in [-0.05, 0) is 42.5 Å². The molecule has 0 bridgehead atoms. The molecule has 0 spiro atoms. The predicted molar refractivity (Wildman–Crippen MR) is 98.7 cm³/mol. The monoisotopic (exact) mass is 397 g/mol. The highest BCUT2D eigenvalue weighted by molar-refractivity contribution is 7.89. The Bertz CT molecular complexity index is 1090. The molecule has 1 heterocycles. The van der Waals surface area contributed by atoms with Crippen LogP contribution >= 0.6 is 23.2 Å². The molecule has 25 heavy (non-hydrogen) atoms. The second-order valence-electron chi connectivity index (χ2n) is 5.43. The van der Waals surface area contributed by atoms with Gasteiger partial charge in [-0.25, -0.2) is 13.6 Å². The van der Waals surface area contributed by atoms with Crippen LogP contribution in [0.3, 0.4) is 0 Å². The molecular weight excluding hydrogens is 385 g/mol. The lowest BCUT2D eigenvalue weighted by molar-refractivity contribution is 0.101. The lowest BCUT2D eigenvalue weighted by Crippen LogP contribution is -2.16. The van der Waals surface area contributed by atoms with E-state index in [1.165, 1.54) is 24.3 Å². The van der Waals surface area contributed by atoms with Crippen LogP contribution in [0, 0.1) is 0 Å². The normalized spacial score (nSPS) is 11.7. The van der Waals surface area contributed by atoms with E-state index in [1.54, 1.807) is 29.8 Å². The molecule has 0 unspecified atom stereocenters. The minimum absolute atomic E-state index is 0.0310. The molecule has 3 rings (SSSR count). The molecule has 3 aromatic rings. The summed E-state index contributed by atoms with van der Waals surface area (Å²) in [5.41, 5.74) is 1.55. The van der Waals surface area contributed by atoms with E-state index >= 15 is 0 Å². The molecule has 0 aliphatic carbocycles. The maximum atomic E-state index is 12.5. The Balaban J connectivity index is 1.93. The van der Waals surface area contributed by atoms with Gasteiger partial charge in [-0.2, -0.15) is 0 Å². The number of amides is 1. The number of hydrogen-bond donors (Lipinski definition) is 2. The van der Waals surface area contributed by atoms with Gasteiger partial charge < -0.3 is 9.88 Å². The van der Waals surface area contributed by atoms with E-state index in [1.807, 2.05) is 0 Å². The van der Waals surface area contributed by atoms with Crippen molar-refractivity contribution in [2.75, 3.05) is 5.32 Å².